The van der Waals surface area contributed by atoms with Gasteiger partial charge >= 0.3 is 5.97 Å². The fourth-order valence-corrected chi connectivity index (χ4v) is 5.95. The molecule has 0 aliphatic carbocycles. The number of nitrogens with zero attached hydrogens (tertiary/aromatic N) is 3. The van der Waals surface area contributed by atoms with Crippen molar-refractivity contribution in [2.75, 3.05) is 24.6 Å². The summed E-state index contributed by atoms with van der Waals surface area (Å²) in [5.41, 5.74) is 4.67. The Morgan fingerprint density at radius 1 is 1.06 bits per heavy atom. The molecule has 1 saturated heterocycles. The molecule has 0 saturated carbocycles. The minimum Gasteiger partial charge on any atom is -0.493 e. The number of pyridine rings is 1. The summed E-state index contributed by atoms with van der Waals surface area (Å²) in [5.74, 6) is -0.200. The highest BCUT2D eigenvalue weighted by Gasteiger charge is 2.37. The molecule has 2 aromatic carbocycles. The number of oxazole rings is 1. The Labute approximate surface area is 282 Å². The lowest BCUT2D eigenvalue weighted by Gasteiger charge is -2.41. The number of hydrogen-bond donors (Lipinski definition) is 1. The second-order valence-corrected chi connectivity index (χ2v) is 14.0. The maximum atomic E-state index is 13.3. The summed E-state index contributed by atoms with van der Waals surface area (Å²) in [6.45, 7) is 14.2. The first-order chi connectivity index (χ1) is 22.8. The summed E-state index contributed by atoms with van der Waals surface area (Å²) in [6, 6.07) is 14.2. The van der Waals surface area contributed by atoms with Crippen LogP contribution in [-0.2, 0) is 33.9 Å². The van der Waals surface area contributed by atoms with Gasteiger partial charge in [-0.3, -0.25) is 4.98 Å². The molecule has 0 radical (unpaired) electrons. The van der Waals surface area contributed by atoms with Crippen molar-refractivity contribution in [3.05, 3.63) is 95.2 Å². The molecule has 2 aromatic heterocycles. The zero-order valence-corrected chi connectivity index (χ0v) is 28.7. The van der Waals surface area contributed by atoms with Crippen LogP contribution in [0.4, 0.5) is 10.1 Å². The summed E-state index contributed by atoms with van der Waals surface area (Å²) < 4.78 is 37.1. The molecule has 1 aliphatic rings. The molecule has 10 heteroatoms. The molecule has 48 heavy (non-hydrogen) atoms. The molecule has 3 heterocycles. The number of carboxylic acids is 1. The standard InChI is InChI=1S/C38H46FN3O6/c1-25-32(35(36(43)44)48-37(2,3)4)34(42-19-16-38(5,6)17-20-42)33(30(41-25)23-45-24-31-40-18-22-47-31)27-9-13-29(14-10-27)46-21-15-26-7-11-28(39)12-8-26/h7-14,18,22,35H,15-17,19-21,23-24H2,1-6H3,(H,43,44)/t35-/m0/s1. The predicted octanol–water partition coefficient (Wildman–Crippen LogP) is 8.09. The zero-order valence-electron chi connectivity index (χ0n) is 28.7. The zero-order chi connectivity index (χ0) is 34.5. The van der Waals surface area contributed by atoms with Crippen molar-refractivity contribution in [2.45, 2.75) is 85.7 Å². The summed E-state index contributed by atoms with van der Waals surface area (Å²) in [4.78, 5) is 24.4. The van der Waals surface area contributed by atoms with E-state index in [-0.39, 0.29) is 24.4 Å². The van der Waals surface area contributed by atoms with Gasteiger partial charge in [-0.05, 0) is 81.3 Å². The van der Waals surface area contributed by atoms with Crippen LogP contribution in [0.15, 0.2) is 65.4 Å². The van der Waals surface area contributed by atoms with Gasteiger partial charge in [-0.2, -0.15) is 0 Å². The molecule has 0 spiro atoms. The minimum atomic E-state index is -1.24. The van der Waals surface area contributed by atoms with Gasteiger partial charge in [0.05, 0.1) is 36.4 Å². The van der Waals surface area contributed by atoms with E-state index in [4.69, 9.17) is 23.6 Å². The van der Waals surface area contributed by atoms with E-state index < -0.39 is 17.7 Å². The Bertz CT molecular complexity index is 1650. The molecular weight excluding hydrogens is 613 g/mol. The summed E-state index contributed by atoms with van der Waals surface area (Å²) in [6.07, 6.45) is 4.37. The first-order valence-electron chi connectivity index (χ1n) is 16.4. The number of carboxylic acid groups (broad SMARTS) is 1. The van der Waals surface area contributed by atoms with Gasteiger partial charge in [0.25, 0.3) is 0 Å². The third kappa shape index (κ3) is 8.99. The van der Waals surface area contributed by atoms with Gasteiger partial charge in [-0.1, -0.05) is 38.1 Å². The molecule has 9 nitrogen and oxygen atoms in total. The van der Waals surface area contributed by atoms with Crippen LogP contribution in [0, 0.1) is 18.2 Å². The normalized spacial score (nSPS) is 15.4. The minimum absolute atomic E-state index is 0.152. The fourth-order valence-electron chi connectivity index (χ4n) is 5.95. The molecule has 1 N–H and O–H groups in total. The third-order valence-corrected chi connectivity index (χ3v) is 8.53. The number of piperidine rings is 1. The summed E-state index contributed by atoms with van der Waals surface area (Å²) >= 11 is 0. The lowest BCUT2D eigenvalue weighted by Crippen LogP contribution is -2.39. The largest absolute Gasteiger partial charge is 0.493 e. The van der Waals surface area contributed by atoms with Crippen molar-refractivity contribution in [2.24, 2.45) is 5.41 Å². The highest BCUT2D eigenvalue weighted by molar-refractivity contribution is 5.88. The number of aliphatic carboxylic acids is 1. The van der Waals surface area contributed by atoms with Crippen molar-refractivity contribution in [1.29, 1.82) is 0 Å². The summed E-state index contributed by atoms with van der Waals surface area (Å²) in [7, 11) is 0. The third-order valence-electron chi connectivity index (χ3n) is 8.53. The van der Waals surface area contributed by atoms with Crippen LogP contribution in [0.2, 0.25) is 0 Å². The Hall–Kier alpha value is -4.28. The van der Waals surface area contributed by atoms with E-state index in [0.717, 1.165) is 48.3 Å². The second kappa shape index (κ2) is 14.9. The van der Waals surface area contributed by atoms with E-state index in [1.165, 1.54) is 18.4 Å². The molecular formula is C38H46FN3O6. The molecule has 256 valence electrons. The topological polar surface area (TPSA) is 107 Å². The number of ether oxygens (including phenoxy) is 3. The number of benzene rings is 2. The van der Waals surface area contributed by atoms with E-state index in [2.05, 4.69) is 23.7 Å². The molecule has 0 amide bonds. The fraction of sp³-hybridized carbons (Fsp3) is 0.447. The Morgan fingerprint density at radius 3 is 2.35 bits per heavy atom. The van der Waals surface area contributed by atoms with E-state index >= 15 is 0 Å². The Kier molecular flexibility index (Phi) is 10.9. The number of halogens is 1. The van der Waals surface area contributed by atoms with Gasteiger partial charge in [0.15, 0.2) is 6.10 Å². The maximum Gasteiger partial charge on any atom is 0.337 e. The number of rotatable bonds is 13. The first kappa shape index (κ1) is 35.0. The van der Waals surface area contributed by atoms with Crippen LogP contribution in [0.3, 0.4) is 0 Å². The molecule has 1 atom stereocenters. The van der Waals surface area contributed by atoms with Crippen LogP contribution in [0.1, 0.15) is 82.0 Å². The molecule has 1 fully saturated rings. The second-order valence-electron chi connectivity index (χ2n) is 14.0. The van der Waals surface area contributed by atoms with Crippen molar-refractivity contribution in [1.82, 2.24) is 9.97 Å². The highest BCUT2D eigenvalue weighted by atomic mass is 19.1. The smallest absolute Gasteiger partial charge is 0.337 e. The van der Waals surface area contributed by atoms with Crippen LogP contribution in [0.5, 0.6) is 5.75 Å². The molecule has 4 aromatic rings. The molecule has 0 unspecified atom stereocenters. The van der Waals surface area contributed by atoms with Crippen LogP contribution in [-0.4, -0.2) is 46.3 Å². The van der Waals surface area contributed by atoms with E-state index in [1.807, 2.05) is 52.0 Å². The number of aryl methyl sites for hydroxylation is 1. The lowest BCUT2D eigenvalue weighted by molar-refractivity contribution is -0.160. The molecule has 0 bridgehead atoms. The van der Waals surface area contributed by atoms with Crippen LogP contribution < -0.4 is 9.64 Å². The summed E-state index contributed by atoms with van der Waals surface area (Å²) in [5, 5.41) is 10.6. The molecule has 1 aliphatic heterocycles. The van der Waals surface area contributed by atoms with Crippen molar-refractivity contribution >= 4 is 11.7 Å². The van der Waals surface area contributed by atoms with E-state index in [1.54, 1.807) is 18.3 Å². The predicted molar refractivity (Wildman–Crippen MR) is 181 cm³/mol. The monoisotopic (exact) mass is 659 g/mol. The van der Waals surface area contributed by atoms with E-state index in [0.29, 0.717) is 41.6 Å². The average Bonchev–Trinajstić information content (AvgIpc) is 3.55. The number of carbonyl (C=O) groups is 1. The van der Waals surface area contributed by atoms with Gasteiger partial charge < -0.3 is 28.6 Å². The number of aromatic nitrogens is 2. The van der Waals surface area contributed by atoms with Crippen molar-refractivity contribution < 1.29 is 32.9 Å². The average molecular weight is 660 g/mol. The van der Waals surface area contributed by atoms with Crippen molar-refractivity contribution in [3.63, 3.8) is 0 Å². The van der Waals surface area contributed by atoms with Crippen LogP contribution >= 0.6 is 0 Å². The Morgan fingerprint density at radius 2 is 1.75 bits per heavy atom. The number of anilines is 1. The lowest BCUT2D eigenvalue weighted by atomic mass is 9.81. The van der Waals surface area contributed by atoms with Gasteiger partial charge in [-0.25, -0.2) is 14.2 Å². The molecule has 5 rings (SSSR count). The SMILES string of the molecule is Cc1nc(COCc2ncco2)c(-c2ccc(OCCc3ccc(F)cc3)cc2)c(N2CCC(C)(C)CC2)c1[C@H](OC(C)(C)C)C(=O)O. The highest BCUT2D eigenvalue weighted by Crippen LogP contribution is 2.45. The quantitative estimate of drug-likeness (QED) is 0.152. The number of hydrogen-bond acceptors (Lipinski definition) is 8. The van der Waals surface area contributed by atoms with Gasteiger partial charge in [0, 0.05) is 36.3 Å². The maximum absolute atomic E-state index is 13.3. The van der Waals surface area contributed by atoms with Crippen molar-refractivity contribution in [3.8, 4) is 16.9 Å². The van der Waals surface area contributed by atoms with Gasteiger partial charge in [0.1, 0.15) is 24.4 Å². The van der Waals surface area contributed by atoms with Gasteiger partial charge in [0.2, 0.25) is 5.89 Å². The Balaban J connectivity index is 1.56. The first-order valence-corrected chi connectivity index (χ1v) is 16.4. The van der Waals surface area contributed by atoms with E-state index in [9.17, 15) is 14.3 Å². The van der Waals surface area contributed by atoms with Gasteiger partial charge in [-0.15, -0.1) is 0 Å². The van der Waals surface area contributed by atoms with Crippen LogP contribution in [0.25, 0.3) is 11.1 Å².